The largest absolute Gasteiger partial charge is 0.393 e. The highest BCUT2D eigenvalue weighted by atomic mass is 16.6. The third kappa shape index (κ3) is 3.13. The highest BCUT2D eigenvalue weighted by molar-refractivity contribution is 5.96. The van der Waals surface area contributed by atoms with Crippen LogP contribution in [0.4, 0.5) is 11.4 Å². The lowest BCUT2D eigenvalue weighted by Gasteiger charge is -2.24. The van der Waals surface area contributed by atoms with Crippen LogP contribution in [0.25, 0.3) is 0 Å². The van der Waals surface area contributed by atoms with Crippen LogP contribution in [0.1, 0.15) is 60.2 Å². The van der Waals surface area contributed by atoms with E-state index in [0.29, 0.717) is 6.54 Å². The average Bonchev–Trinajstić information content (AvgIpc) is 3.22. The lowest BCUT2D eigenvalue weighted by molar-refractivity contribution is -0.383. The van der Waals surface area contributed by atoms with E-state index >= 15 is 0 Å². The molecule has 2 N–H and O–H groups in total. The zero-order chi connectivity index (χ0) is 19.0. The van der Waals surface area contributed by atoms with Gasteiger partial charge in [0.15, 0.2) is 5.82 Å². The predicted octanol–water partition coefficient (Wildman–Crippen LogP) is 2.47. The van der Waals surface area contributed by atoms with E-state index in [9.17, 15) is 14.9 Å². The predicted molar refractivity (Wildman–Crippen MR) is 98.1 cm³/mol. The molecule has 0 spiro atoms. The summed E-state index contributed by atoms with van der Waals surface area (Å²) in [6, 6.07) is 4.08. The molecule has 1 aromatic heterocycles. The minimum absolute atomic E-state index is 0.0531. The van der Waals surface area contributed by atoms with Gasteiger partial charge in [-0.3, -0.25) is 14.9 Å². The van der Waals surface area contributed by atoms with Gasteiger partial charge >= 0.3 is 0 Å². The summed E-state index contributed by atoms with van der Waals surface area (Å²) in [5.41, 5.74) is 5.74. The zero-order valence-electron chi connectivity index (χ0n) is 15.0. The normalized spacial score (nSPS) is 19.6. The number of carbonyl (C=O) groups excluding carboxylic acids is 1. The molecular weight excluding hydrogens is 348 g/mol. The van der Waals surface area contributed by atoms with Gasteiger partial charge in [0.2, 0.25) is 0 Å². The van der Waals surface area contributed by atoms with Gasteiger partial charge < -0.3 is 15.2 Å². The number of carbonyl (C=O) groups is 1. The van der Waals surface area contributed by atoms with Crippen LogP contribution in [0.2, 0.25) is 0 Å². The monoisotopic (exact) mass is 370 g/mol. The Labute approximate surface area is 156 Å². The summed E-state index contributed by atoms with van der Waals surface area (Å²) in [5, 5.41) is 19.9. The maximum atomic E-state index is 13.1. The molecule has 9 heteroatoms. The number of nitrogens with two attached hydrogens (primary N) is 1. The van der Waals surface area contributed by atoms with Crippen LogP contribution >= 0.6 is 0 Å². The lowest BCUT2D eigenvalue weighted by Crippen LogP contribution is -2.32. The number of aromatic nitrogens is 3. The van der Waals surface area contributed by atoms with E-state index < -0.39 is 4.92 Å². The van der Waals surface area contributed by atoms with E-state index in [0.717, 1.165) is 50.3 Å². The Bertz CT molecular complexity index is 893. The van der Waals surface area contributed by atoms with Gasteiger partial charge in [0, 0.05) is 31.1 Å². The minimum atomic E-state index is -0.564. The number of rotatable bonds is 3. The van der Waals surface area contributed by atoms with Crippen LogP contribution in [-0.4, -0.2) is 37.0 Å². The Morgan fingerprint density at radius 1 is 1.19 bits per heavy atom. The number of nitro groups is 1. The second kappa shape index (κ2) is 6.98. The summed E-state index contributed by atoms with van der Waals surface area (Å²) in [4.78, 5) is 25.4. The van der Waals surface area contributed by atoms with Crippen LogP contribution in [0.15, 0.2) is 18.2 Å². The zero-order valence-corrected chi connectivity index (χ0v) is 15.0. The molecule has 9 nitrogen and oxygen atoms in total. The van der Waals surface area contributed by atoms with E-state index in [1.165, 1.54) is 18.6 Å². The van der Waals surface area contributed by atoms with Gasteiger partial charge in [-0.15, -0.1) is 10.2 Å². The lowest BCUT2D eigenvalue weighted by atomic mass is 10.1. The van der Waals surface area contributed by atoms with Crippen LogP contribution < -0.4 is 5.73 Å². The maximum absolute atomic E-state index is 13.1. The third-order valence-corrected chi connectivity index (χ3v) is 5.42. The van der Waals surface area contributed by atoms with Gasteiger partial charge in [0.1, 0.15) is 11.5 Å². The SMILES string of the molecule is Nc1ccc(C(=O)N2CCCC2c2nnc3n2CCCCC3)cc1[N+](=O)[O-]. The summed E-state index contributed by atoms with van der Waals surface area (Å²) in [7, 11) is 0. The van der Waals surface area contributed by atoms with Gasteiger partial charge in [0.05, 0.1) is 11.0 Å². The number of hydrogen-bond donors (Lipinski definition) is 1. The molecule has 2 aromatic rings. The Morgan fingerprint density at radius 2 is 2.04 bits per heavy atom. The fourth-order valence-corrected chi connectivity index (χ4v) is 4.03. The minimum Gasteiger partial charge on any atom is -0.393 e. The van der Waals surface area contributed by atoms with Crippen molar-refractivity contribution in [2.24, 2.45) is 0 Å². The van der Waals surface area contributed by atoms with Gasteiger partial charge in [-0.2, -0.15) is 0 Å². The van der Waals surface area contributed by atoms with E-state index in [2.05, 4.69) is 14.8 Å². The number of nitrogen functional groups attached to an aromatic ring is 1. The van der Waals surface area contributed by atoms with Gasteiger partial charge in [-0.25, -0.2) is 0 Å². The molecule has 1 aromatic carbocycles. The van der Waals surface area contributed by atoms with Crippen molar-refractivity contribution in [1.82, 2.24) is 19.7 Å². The Hall–Kier alpha value is -2.97. The standard InChI is InChI=1S/C18H22N6O3/c19-13-8-7-12(11-15(13)24(26)27)18(25)22-10-4-5-14(22)17-21-20-16-6-2-1-3-9-23(16)17/h7-8,11,14H,1-6,9-10,19H2. The fourth-order valence-electron chi connectivity index (χ4n) is 4.03. The second-order valence-electron chi connectivity index (χ2n) is 7.12. The summed E-state index contributed by atoms with van der Waals surface area (Å²) >= 11 is 0. The van der Waals surface area contributed by atoms with Gasteiger partial charge in [-0.1, -0.05) is 6.42 Å². The van der Waals surface area contributed by atoms with Crippen molar-refractivity contribution in [3.8, 4) is 0 Å². The van der Waals surface area contributed by atoms with Gasteiger partial charge in [-0.05, 0) is 37.8 Å². The molecule has 0 aliphatic carbocycles. The Kier molecular flexibility index (Phi) is 4.51. The van der Waals surface area contributed by atoms with Crippen LogP contribution in [0.5, 0.6) is 0 Å². The second-order valence-corrected chi connectivity index (χ2v) is 7.12. The molecule has 2 aliphatic heterocycles. The number of benzene rings is 1. The number of nitrogens with zero attached hydrogens (tertiary/aromatic N) is 5. The fraction of sp³-hybridized carbons (Fsp3) is 0.500. The molecule has 2 aliphatic rings. The number of hydrogen-bond acceptors (Lipinski definition) is 6. The number of aryl methyl sites for hydroxylation is 1. The topological polar surface area (TPSA) is 120 Å². The number of likely N-dealkylation sites (tertiary alicyclic amines) is 1. The number of fused-ring (bicyclic) bond motifs is 1. The van der Waals surface area contributed by atoms with E-state index in [1.807, 2.05) is 0 Å². The summed E-state index contributed by atoms with van der Waals surface area (Å²) in [6.45, 7) is 1.48. The number of nitro benzene ring substituents is 1. The van der Waals surface area contributed by atoms with Gasteiger partial charge in [0.25, 0.3) is 11.6 Å². The van der Waals surface area contributed by atoms with E-state index in [-0.39, 0.29) is 28.9 Å². The molecule has 1 atom stereocenters. The van der Waals surface area contributed by atoms with Crippen molar-refractivity contribution in [2.75, 3.05) is 12.3 Å². The summed E-state index contributed by atoms with van der Waals surface area (Å²) < 4.78 is 2.16. The van der Waals surface area contributed by atoms with Crippen molar-refractivity contribution in [3.63, 3.8) is 0 Å². The molecule has 3 heterocycles. The average molecular weight is 370 g/mol. The Morgan fingerprint density at radius 3 is 2.85 bits per heavy atom. The van der Waals surface area contributed by atoms with Crippen molar-refractivity contribution in [2.45, 2.75) is 51.1 Å². The summed E-state index contributed by atoms with van der Waals surface area (Å²) in [6.07, 6.45) is 5.98. The molecule has 0 bridgehead atoms. The molecule has 1 unspecified atom stereocenters. The van der Waals surface area contributed by atoms with Crippen molar-refractivity contribution >= 4 is 17.3 Å². The number of amides is 1. The van der Waals surface area contributed by atoms with E-state index in [1.54, 1.807) is 11.0 Å². The quantitative estimate of drug-likeness (QED) is 0.503. The molecule has 4 rings (SSSR count). The smallest absolute Gasteiger partial charge is 0.292 e. The summed E-state index contributed by atoms with van der Waals surface area (Å²) in [5.74, 6) is 1.60. The molecular formula is C18H22N6O3. The van der Waals surface area contributed by atoms with Crippen molar-refractivity contribution in [3.05, 3.63) is 45.5 Å². The van der Waals surface area contributed by atoms with Crippen molar-refractivity contribution in [1.29, 1.82) is 0 Å². The maximum Gasteiger partial charge on any atom is 0.292 e. The molecule has 1 fully saturated rings. The van der Waals surface area contributed by atoms with Crippen LogP contribution in [-0.2, 0) is 13.0 Å². The Balaban J connectivity index is 1.64. The first-order chi connectivity index (χ1) is 13.1. The molecule has 0 saturated carbocycles. The first-order valence-electron chi connectivity index (χ1n) is 9.33. The molecule has 142 valence electrons. The third-order valence-electron chi connectivity index (χ3n) is 5.42. The van der Waals surface area contributed by atoms with Crippen molar-refractivity contribution < 1.29 is 9.72 Å². The molecule has 1 saturated heterocycles. The first kappa shape index (κ1) is 17.4. The highest BCUT2D eigenvalue weighted by Crippen LogP contribution is 2.34. The van der Waals surface area contributed by atoms with E-state index in [4.69, 9.17) is 5.73 Å². The molecule has 1 amide bonds. The number of anilines is 1. The van der Waals surface area contributed by atoms with Crippen LogP contribution in [0, 0.1) is 10.1 Å². The van der Waals surface area contributed by atoms with Crippen LogP contribution in [0.3, 0.4) is 0 Å². The highest BCUT2D eigenvalue weighted by Gasteiger charge is 2.35. The molecule has 27 heavy (non-hydrogen) atoms. The molecule has 0 radical (unpaired) electrons. The first-order valence-corrected chi connectivity index (χ1v) is 9.33.